The standard InChI is InChI=1S/C12H12F3NO/c1-6(2)10-5-17-12(16-10)7-3-8(13)11(15)9(14)4-7/h3-4,6,10H,5H2,1-2H3/t10-/m1/s1. The second-order valence-electron chi connectivity index (χ2n) is 4.31. The molecule has 1 aromatic carbocycles. The van der Waals surface area contributed by atoms with Crippen molar-refractivity contribution in [3.05, 3.63) is 35.1 Å². The molecule has 0 aliphatic carbocycles. The van der Waals surface area contributed by atoms with Gasteiger partial charge in [-0.15, -0.1) is 0 Å². The van der Waals surface area contributed by atoms with Crippen LogP contribution in [0.2, 0.25) is 0 Å². The summed E-state index contributed by atoms with van der Waals surface area (Å²) in [5, 5.41) is 0. The topological polar surface area (TPSA) is 21.6 Å². The van der Waals surface area contributed by atoms with Crippen molar-refractivity contribution in [1.82, 2.24) is 0 Å². The zero-order valence-corrected chi connectivity index (χ0v) is 9.51. The van der Waals surface area contributed by atoms with Gasteiger partial charge in [0.05, 0.1) is 6.04 Å². The fourth-order valence-electron chi connectivity index (χ4n) is 1.57. The molecule has 0 unspecified atom stereocenters. The Balaban J connectivity index is 2.33. The maximum absolute atomic E-state index is 13.0. The molecular weight excluding hydrogens is 231 g/mol. The van der Waals surface area contributed by atoms with E-state index in [1.54, 1.807) is 0 Å². The minimum Gasteiger partial charge on any atom is -0.475 e. The zero-order valence-electron chi connectivity index (χ0n) is 9.51. The van der Waals surface area contributed by atoms with E-state index in [2.05, 4.69) is 4.99 Å². The number of hydrogen-bond donors (Lipinski definition) is 0. The summed E-state index contributed by atoms with van der Waals surface area (Å²) in [6, 6.07) is 1.75. The summed E-state index contributed by atoms with van der Waals surface area (Å²) >= 11 is 0. The summed E-state index contributed by atoms with van der Waals surface area (Å²) < 4.78 is 44.1. The van der Waals surface area contributed by atoms with Gasteiger partial charge in [-0.2, -0.15) is 0 Å². The molecule has 0 saturated carbocycles. The first-order valence-corrected chi connectivity index (χ1v) is 5.34. The van der Waals surface area contributed by atoms with Gasteiger partial charge in [-0.1, -0.05) is 13.8 Å². The molecule has 1 aromatic rings. The minimum atomic E-state index is -1.48. The van der Waals surface area contributed by atoms with Crippen LogP contribution in [-0.4, -0.2) is 18.5 Å². The van der Waals surface area contributed by atoms with Crippen molar-refractivity contribution in [2.45, 2.75) is 19.9 Å². The second-order valence-corrected chi connectivity index (χ2v) is 4.31. The summed E-state index contributed by atoms with van der Waals surface area (Å²) in [4.78, 5) is 4.21. The van der Waals surface area contributed by atoms with E-state index in [9.17, 15) is 13.2 Å². The summed E-state index contributed by atoms with van der Waals surface area (Å²) in [7, 11) is 0. The molecule has 0 N–H and O–H groups in total. The van der Waals surface area contributed by atoms with E-state index < -0.39 is 17.5 Å². The van der Waals surface area contributed by atoms with E-state index >= 15 is 0 Å². The Kier molecular flexibility index (Phi) is 3.09. The average Bonchev–Trinajstić information content (AvgIpc) is 2.74. The van der Waals surface area contributed by atoms with E-state index in [-0.39, 0.29) is 23.4 Å². The normalized spacial score (nSPS) is 19.4. The summed E-state index contributed by atoms with van der Waals surface area (Å²) in [5.41, 5.74) is 0.129. The van der Waals surface area contributed by atoms with E-state index in [1.165, 1.54) is 0 Å². The van der Waals surface area contributed by atoms with Gasteiger partial charge in [-0.25, -0.2) is 18.2 Å². The predicted octanol–water partition coefficient (Wildman–Crippen LogP) is 2.91. The van der Waals surface area contributed by atoms with Crippen LogP contribution in [0.4, 0.5) is 13.2 Å². The lowest BCUT2D eigenvalue weighted by Gasteiger charge is -2.06. The highest BCUT2D eigenvalue weighted by molar-refractivity contribution is 5.95. The largest absolute Gasteiger partial charge is 0.475 e. The lowest BCUT2D eigenvalue weighted by Crippen LogP contribution is -2.13. The van der Waals surface area contributed by atoms with Crippen LogP contribution in [-0.2, 0) is 4.74 Å². The smallest absolute Gasteiger partial charge is 0.216 e. The molecule has 2 nitrogen and oxygen atoms in total. The van der Waals surface area contributed by atoms with Gasteiger partial charge in [0.25, 0.3) is 0 Å². The van der Waals surface area contributed by atoms with Crippen molar-refractivity contribution >= 4 is 5.90 Å². The average molecular weight is 243 g/mol. The highest BCUT2D eigenvalue weighted by Crippen LogP contribution is 2.20. The van der Waals surface area contributed by atoms with Gasteiger partial charge in [0.2, 0.25) is 5.90 Å². The SMILES string of the molecule is CC(C)[C@H]1COC(c2cc(F)c(F)c(F)c2)=N1. The molecule has 1 aliphatic heterocycles. The van der Waals surface area contributed by atoms with Gasteiger partial charge in [-0.05, 0) is 18.1 Å². The molecule has 0 radical (unpaired) electrons. The third kappa shape index (κ3) is 2.28. The molecule has 0 fully saturated rings. The first kappa shape index (κ1) is 12.0. The zero-order chi connectivity index (χ0) is 12.6. The third-order valence-corrected chi connectivity index (χ3v) is 2.67. The van der Waals surface area contributed by atoms with Gasteiger partial charge < -0.3 is 4.74 Å². The minimum absolute atomic E-state index is 0.0267. The van der Waals surface area contributed by atoms with Gasteiger partial charge >= 0.3 is 0 Å². The molecule has 0 bridgehead atoms. The number of rotatable bonds is 2. The predicted molar refractivity (Wildman–Crippen MR) is 57.4 cm³/mol. The van der Waals surface area contributed by atoms with Crippen LogP contribution in [0.25, 0.3) is 0 Å². The molecule has 1 aliphatic rings. The Labute approximate surface area is 97.1 Å². The molecule has 0 spiro atoms. The lowest BCUT2D eigenvalue weighted by atomic mass is 10.1. The van der Waals surface area contributed by atoms with Gasteiger partial charge in [0.15, 0.2) is 17.5 Å². The van der Waals surface area contributed by atoms with E-state index in [0.717, 1.165) is 12.1 Å². The Morgan fingerprint density at radius 1 is 1.24 bits per heavy atom. The molecule has 1 heterocycles. The first-order chi connectivity index (χ1) is 7.99. The fourth-order valence-corrected chi connectivity index (χ4v) is 1.57. The summed E-state index contributed by atoms with van der Waals surface area (Å²) in [6.07, 6.45) is 0. The number of aliphatic imine (C=N–C) groups is 1. The maximum Gasteiger partial charge on any atom is 0.216 e. The van der Waals surface area contributed by atoms with Crippen molar-refractivity contribution in [3.63, 3.8) is 0 Å². The third-order valence-electron chi connectivity index (χ3n) is 2.67. The van der Waals surface area contributed by atoms with E-state index in [4.69, 9.17) is 4.74 Å². The highest BCUT2D eigenvalue weighted by Gasteiger charge is 2.24. The van der Waals surface area contributed by atoms with E-state index in [0.29, 0.717) is 6.61 Å². The molecule has 17 heavy (non-hydrogen) atoms. The molecule has 92 valence electrons. The van der Waals surface area contributed by atoms with Crippen molar-refractivity contribution < 1.29 is 17.9 Å². The van der Waals surface area contributed by atoms with Crippen molar-refractivity contribution in [1.29, 1.82) is 0 Å². The highest BCUT2D eigenvalue weighted by atomic mass is 19.2. The van der Waals surface area contributed by atoms with Crippen LogP contribution in [0.15, 0.2) is 17.1 Å². The van der Waals surface area contributed by atoms with Crippen LogP contribution < -0.4 is 0 Å². The number of benzene rings is 1. The Bertz CT molecular complexity index is 448. The summed E-state index contributed by atoms with van der Waals surface area (Å²) in [5.74, 6) is -3.50. The van der Waals surface area contributed by atoms with Crippen molar-refractivity contribution in [3.8, 4) is 0 Å². The Morgan fingerprint density at radius 3 is 2.29 bits per heavy atom. The van der Waals surface area contributed by atoms with Crippen LogP contribution >= 0.6 is 0 Å². The monoisotopic (exact) mass is 243 g/mol. The van der Waals surface area contributed by atoms with Crippen molar-refractivity contribution in [2.24, 2.45) is 10.9 Å². The van der Waals surface area contributed by atoms with Crippen molar-refractivity contribution in [2.75, 3.05) is 6.61 Å². The van der Waals surface area contributed by atoms with E-state index in [1.807, 2.05) is 13.8 Å². The first-order valence-electron chi connectivity index (χ1n) is 5.34. The maximum atomic E-state index is 13.0. The number of ether oxygens (including phenoxy) is 1. The van der Waals surface area contributed by atoms with Gasteiger partial charge in [0.1, 0.15) is 6.61 Å². The molecule has 5 heteroatoms. The summed E-state index contributed by atoms with van der Waals surface area (Å²) in [6.45, 7) is 4.34. The fraction of sp³-hybridized carbons (Fsp3) is 0.417. The number of hydrogen-bond acceptors (Lipinski definition) is 2. The van der Waals surface area contributed by atoms with Gasteiger partial charge in [0, 0.05) is 5.56 Å². The lowest BCUT2D eigenvalue weighted by molar-refractivity contribution is 0.291. The van der Waals surface area contributed by atoms with Crippen LogP contribution in [0.1, 0.15) is 19.4 Å². The molecule has 0 amide bonds. The van der Waals surface area contributed by atoms with Crippen LogP contribution in [0, 0.1) is 23.4 Å². The quantitative estimate of drug-likeness (QED) is 0.732. The number of halogens is 3. The Hall–Kier alpha value is -1.52. The molecule has 2 rings (SSSR count). The van der Waals surface area contributed by atoms with Gasteiger partial charge in [-0.3, -0.25) is 0 Å². The molecule has 0 aromatic heterocycles. The molecule has 1 atom stereocenters. The molecular formula is C12H12F3NO. The molecule has 0 saturated heterocycles. The Morgan fingerprint density at radius 2 is 1.82 bits per heavy atom. The van der Waals surface area contributed by atoms with Crippen LogP contribution in [0.5, 0.6) is 0 Å². The second kappa shape index (κ2) is 4.39. The van der Waals surface area contributed by atoms with Crippen LogP contribution in [0.3, 0.4) is 0 Å². The number of nitrogens with zero attached hydrogens (tertiary/aromatic N) is 1.